The number of allylic oxidation sites excluding steroid dienone is 1. The lowest BCUT2D eigenvalue weighted by molar-refractivity contribution is 0.104. The van der Waals surface area contributed by atoms with Crippen LogP contribution in [0.3, 0.4) is 0 Å². The van der Waals surface area contributed by atoms with Crippen molar-refractivity contribution in [3.05, 3.63) is 70.0 Å². The number of rotatable bonds is 6. The first kappa shape index (κ1) is 19.2. The fourth-order valence-electron chi connectivity index (χ4n) is 3.14. The summed E-state index contributed by atoms with van der Waals surface area (Å²) in [5.74, 6) is 0.237. The molecule has 28 heavy (non-hydrogen) atoms. The van der Waals surface area contributed by atoms with Gasteiger partial charge in [-0.25, -0.2) is 0 Å². The highest BCUT2D eigenvalue weighted by atomic mass is 16.5. The topological polar surface area (TPSA) is 77.8 Å². The van der Waals surface area contributed by atoms with Crippen LogP contribution in [0.1, 0.15) is 22.8 Å². The van der Waals surface area contributed by atoms with Gasteiger partial charge in [-0.3, -0.25) is 9.59 Å². The van der Waals surface area contributed by atoms with Gasteiger partial charge in [-0.2, -0.15) is 0 Å². The van der Waals surface area contributed by atoms with E-state index in [0.29, 0.717) is 34.5 Å². The molecule has 6 nitrogen and oxygen atoms in total. The first-order valence-corrected chi connectivity index (χ1v) is 8.80. The molecule has 1 aromatic heterocycles. The molecule has 144 valence electrons. The van der Waals surface area contributed by atoms with Gasteiger partial charge in [0, 0.05) is 11.9 Å². The van der Waals surface area contributed by atoms with Crippen LogP contribution >= 0.6 is 0 Å². The highest BCUT2D eigenvalue weighted by molar-refractivity contribution is 6.11. The van der Waals surface area contributed by atoms with Crippen molar-refractivity contribution in [2.45, 2.75) is 13.5 Å². The number of fused-ring (bicyclic) bond motifs is 1. The third-order valence-corrected chi connectivity index (χ3v) is 4.54. The second kappa shape index (κ2) is 8.00. The van der Waals surface area contributed by atoms with E-state index in [4.69, 9.17) is 9.47 Å². The van der Waals surface area contributed by atoms with Crippen LogP contribution in [0.25, 0.3) is 17.0 Å². The Balaban J connectivity index is 2.05. The summed E-state index contributed by atoms with van der Waals surface area (Å²) < 4.78 is 11.9. The summed E-state index contributed by atoms with van der Waals surface area (Å²) in [6.07, 6.45) is 2.83. The minimum atomic E-state index is -0.565. The Morgan fingerprint density at radius 3 is 2.50 bits per heavy atom. The van der Waals surface area contributed by atoms with Crippen molar-refractivity contribution < 1.29 is 19.4 Å². The van der Waals surface area contributed by atoms with Gasteiger partial charge < -0.3 is 19.1 Å². The summed E-state index contributed by atoms with van der Waals surface area (Å²) in [6.45, 7) is 2.21. The van der Waals surface area contributed by atoms with Gasteiger partial charge >= 0.3 is 0 Å². The number of nitrogens with zero attached hydrogens (tertiary/aromatic N) is 1. The average Bonchev–Trinajstić information content (AvgIpc) is 2.72. The predicted molar refractivity (Wildman–Crippen MR) is 108 cm³/mol. The molecule has 0 spiro atoms. The van der Waals surface area contributed by atoms with E-state index in [2.05, 4.69) is 0 Å². The number of ether oxygens (including phenoxy) is 2. The van der Waals surface area contributed by atoms with E-state index in [0.717, 1.165) is 0 Å². The van der Waals surface area contributed by atoms with E-state index in [9.17, 15) is 14.7 Å². The van der Waals surface area contributed by atoms with E-state index < -0.39 is 11.3 Å². The maximum atomic E-state index is 12.8. The lowest BCUT2D eigenvalue weighted by Gasteiger charge is -2.12. The smallest absolute Gasteiger partial charge is 0.266 e. The molecule has 0 aliphatic carbocycles. The molecule has 0 saturated heterocycles. The van der Waals surface area contributed by atoms with E-state index in [1.54, 1.807) is 48.5 Å². The lowest BCUT2D eigenvalue weighted by atomic mass is 10.1. The number of methoxy groups -OCH3 is 2. The fraction of sp³-hybridized carbons (Fsp3) is 0.182. The molecular weight excluding hydrogens is 358 g/mol. The molecule has 0 saturated carbocycles. The number of hydrogen-bond acceptors (Lipinski definition) is 5. The van der Waals surface area contributed by atoms with Crippen molar-refractivity contribution in [2.24, 2.45) is 0 Å². The number of aromatic nitrogens is 1. The lowest BCUT2D eigenvalue weighted by Crippen LogP contribution is -2.26. The Bertz CT molecular complexity index is 1130. The number of hydrogen-bond donors (Lipinski definition) is 1. The Morgan fingerprint density at radius 2 is 1.82 bits per heavy atom. The van der Waals surface area contributed by atoms with Gasteiger partial charge in [-0.1, -0.05) is 24.3 Å². The molecule has 2 aromatic carbocycles. The summed E-state index contributed by atoms with van der Waals surface area (Å²) in [5.41, 5.74) is 0.535. The molecule has 0 radical (unpaired) electrons. The highest BCUT2D eigenvalue weighted by Gasteiger charge is 2.19. The monoisotopic (exact) mass is 379 g/mol. The van der Waals surface area contributed by atoms with Gasteiger partial charge in [0.1, 0.15) is 11.3 Å². The van der Waals surface area contributed by atoms with Crippen LogP contribution in [0.5, 0.6) is 17.2 Å². The number of benzene rings is 2. The van der Waals surface area contributed by atoms with Crippen molar-refractivity contribution in [2.75, 3.05) is 14.2 Å². The standard InChI is InChI=1S/C22H21NO5/c1-4-23-16-8-6-5-7-15(16)21(25)20(22(23)26)17(24)11-9-14-10-12-18(27-2)19(13-14)28-3/h5-13,25H,4H2,1-3H3/b11-9+. The zero-order valence-corrected chi connectivity index (χ0v) is 15.9. The van der Waals surface area contributed by atoms with E-state index in [1.165, 1.54) is 24.9 Å². The minimum absolute atomic E-state index is 0.239. The zero-order valence-electron chi connectivity index (χ0n) is 15.9. The number of ketones is 1. The molecule has 0 fully saturated rings. The first-order valence-electron chi connectivity index (χ1n) is 8.80. The Labute approximate surface area is 162 Å². The molecule has 6 heteroatoms. The summed E-state index contributed by atoms with van der Waals surface area (Å²) in [4.78, 5) is 25.5. The fourth-order valence-corrected chi connectivity index (χ4v) is 3.14. The largest absolute Gasteiger partial charge is 0.506 e. The molecule has 0 unspecified atom stereocenters. The van der Waals surface area contributed by atoms with Crippen molar-refractivity contribution in [1.82, 2.24) is 4.57 Å². The second-order valence-electron chi connectivity index (χ2n) is 6.10. The molecule has 0 aliphatic rings. The van der Waals surface area contributed by atoms with Gasteiger partial charge in [0.15, 0.2) is 17.3 Å². The van der Waals surface area contributed by atoms with Crippen LogP contribution in [0.2, 0.25) is 0 Å². The van der Waals surface area contributed by atoms with Gasteiger partial charge in [0.25, 0.3) is 5.56 Å². The molecule has 0 amide bonds. The van der Waals surface area contributed by atoms with Crippen LogP contribution in [-0.2, 0) is 6.54 Å². The molecule has 0 atom stereocenters. The van der Waals surface area contributed by atoms with Crippen molar-refractivity contribution in [3.63, 3.8) is 0 Å². The molecule has 0 bridgehead atoms. The summed E-state index contributed by atoms with van der Waals surface area (Å²) in [6, 6.07) is 12.2. The number of para-hydroxylation sites is 1. The van der Waals surface area contributed by atoms with Crippen molar-refractivity contribution in [3.8, 4) is 17.2 Å². The minimum Gasteiger partial charge on any atom is -0.506 e. The number of aromatic hydroxyl groups is 1. The van der Waals surface area contributed by atoms with Crippen LogP contribution < -0.4 is 15.0 Å². The summed E-state index contributed by atoms with van der Waals surface area (Å²) >= 11 is 0. The van der Waals surface area contributed by atoms with Crippen molar-refractivity contribution >= 4 is 22.8 Å². The summed E-state index contributed by atoms with van der Waals surface area (Å²) in [7, 11) is 3.06. The zero-order chi connectivity index (χ0) is 20.3. The third kappa shape index (κ3) is 3.36. The van der Waals surface area contributed by atoms with E-state index >= 15 is 0 Å². The molecule has 3 aromatic rings. The molecule has 1 N–H and O–H groups in total. The second-order valence-corrected chi connectivity index (χ2v) is 6.10. The van der Waals surface area contributed by atoms with Crippen LogP contribution in [0.15, 0.2) is 53.3 Å². The Hall–Kier alpha value is -3.54. The maximum absolute atomic E-state index is 12.8. The van der Waals surface area contributed by atoms with Crippen LogP contribution in [0.4, 0.5) is 0 Å². The van der Waals surface area contributed by atoms with E-state index in [1.807, 2.05) is 6.92 Å². The predicted octanol–water partition coefficient (Wildman–Crippen LogP) is 3.64. The number of aryl methyl sites for hydroxylation is 1. The van der Waals surface area contributed by atoms with Crippen molar-refractivity contribution in [1.29, 1.82) is 0 Å². The van der Waals surface area contributed by atoms with E-state index in [-0.39, 0.29) is 11.3 Å². The molecular formula is C22H21NO5. The quantitative estimate of drug-likeness (QED) is 0.523. The molecule has 3 rings (SSSR count). The Morgan fingerprint density at radius 1 is 1.11 bits per heavy atom. The maximum Gasteiger partial charge on any atom is 0.266 e. The first-order chi connectivity index (χ1) is 13.5. The highest BCUT2D eigenvalue weighted by Crippen LogP contribution is 2.29. The van der Waals surface area contributed by atoms with Gasteiger partial charge in [-0.15, -0.1) is 0 Å². The summed E-state index contributed by atoms with van der Waals surface area (Å²) in [5, 5.41) is 11.0. The van der Waals surface area contributed by atoms with Gasteiger partial charge in [0.05, 0.1) is 19.7 Å². The average molecular weight is 379 g/mol. The van der Waals surface area contributed by atoms with Crippen LogP contribution in [-0.4, -0.2) is 29.7 Å². The third-order valence-electron chi connectivity index (χ3n) is 4.54. The van der Waals surface area contributed by atoms with Gasteiger partial charge in [0.2, 0.25) is 0 Å². The Kier molecular flexibility index (Phi) is 5.49. The normalized spacial score (nSPS) is 11.1. The number of carbonyl (C=O) groups excluding carboxylic acids is 1. The number of carbonyl (C=O) groups is 1. The number of pyridine rings is 1. The van der Waals surface area contributed by atoms with Crippen LogP contribution in [0, 0.1) is 0 Å². The molecule has 1 heterocycles. The SMILES string of the molecule is CCn1c(=O)c(C(=O)/C=C/c2ccc(OC)c(OC)c2)c(O)c2ccccc21. The molecule has 0 aliphatic heterocycles. The van der Waals surface area contributed by atoms with Gasteiger partial charge in [-0.05, 0) is 42.8 Å².